The lowest BCUT2D eigenvalue weighted by Crippen LogP contribution is -2.53. The SMILES string of the molecule is CCCNC(=O)[C@H](Cc1ccccc1)N(Cc1cccc(OC)c1)C(=O)CN(c1cc(Cl)ccc1OC)S(=O)(=O)c1ccc(C)cc1. The lowest BCUT2D eigenvalue weighted by molar-refractivity contribution is -0.140. The molecule has 0 saturated heterocycles. The lowest BCUT2D eigenvalue weighted by atomic mass is 10.0. The van der Waals surface area contributed by atoms with Crippen LogP contribution in [0.4, 0.5) is 5.69 Å². The maximum Gasteiger partial charge on any atom is 0.264 e. The van der Waals surface area contributed by atoms with Crippen LogP contribution in [0.2, 0.25) is 5.02 Å². The van der Waals surface area contributed by atoms with Crippen molar-refractivity contribution in [2.24, 2.45) is 0 Å². The number of benzene rings is 4. The van der Waals surface area contributed by atoms with E-state index >= 15 is 0 Å². The predicted molar refractivity (Wildman–Crippen MR) is 184 cm³/mol. The third-order valence-electron chi connectivity index (χ3n) is 7.60. The Bertz CT molecular complexity index is 1770. The number of hydrogen-bond acceptors (Lipinski definition) is 6. The number of nitrogens with one attached hydrogen (secondary N) is 1. The number of rotatable bonds is 15. The highest BCUT2D eigenvalue weighted by Gasteiger charge is 2.35. The summed E-state index contributed by atoms with van der Waals surface area (Å²) in [5, 5.41) is 3.20. The van der Waals surface area contributed by atoms with Gasteiger partial charge in [-0.15, -0.1) is 0 Å². The molecule has 4 rings (SSSR count). The van der Waals surface area contributed by atoms with Crippen molar-refractivity contribution in [3.05, 3.63) is 119 Å². The Hall–Kier alpha value is -4.54. The standard InChI is InChI=1S/C36H40ClN3O6S/c1-5-20-38-36(42)33(22-27-10-7-6-8-11-27)39(24-28-12-9-13-30(21-28)45-3)35(41)25-40(32-23-29(37)16-19-34(32)46-4)47(43,44)31-17-14-26(2)15-18-31/h6-19,21,23,33H,5,20,22,24-25H2,1-4H3,(H,38,42)/t33-/m0/s1. The van der Waals surface area contributed by atoms with E-state index in [0.29, 0.717) is 24.3 Å². The number of sulfonamides is 1. The van der Waals surface area contributed by atoms with Gasteiger partial charge in [0.25, 0.3) is 10.0 Å². The first-order valence-electron chi connectivity index (χ1n) is 15.2. The summed E-state index contributed by atoms with van der Waals surface area (Å²) in [5.41, 5.74) is 2.50. The maximum absolute atomic E-state index is 14.6. The van der Waals surface area contributed by atoms with Crippen LogP contribution in [0.1, 0.15) is 30.0 Å². The van der Waals surface area contributed by atoms with Gasteiger partial charge in [0.2, 0.25) is 11.8 Å². The van der Waals surface area contributed by atoms with Crippen molar-refractivity contribution in [3.63, 3.8) is 0 Å². The highest BCUT2D eigenvalue weighted by atomic mass is 35.5. The minimum atomic E-state index is -4.32. The maximum atomic E-state index is 14.6. The lowest BCUT2D eigenvalue weighted by Gasteiger charge is -2.34. The molecule has 0 bridgehead atoms. The topological polar surface area (TPSA) is 105 Å². The summed E-state index contributed by atoms with van der Waals surface area (Å²) in [7, 11) is -1.37. The number of amides is 2. The molecular formula is C36H40ClN3O6S. The monoisotopic (exact) mass is 677 g/mol. The van der Waals surface area contributed by atoms with Gasteiger partial charge in [-0.3, -0.25) is 13.9 Å². The van der Waals surface area contributed by atoms with Gasteiger partial charge >= 0.3 is 0 Å². The van der Waals surface area contributed by atoms with E-state index in [-0.39, 0.29) is 40.2 Å². The van der Waals surface area contributed by atoms with Crippen LogP contribution in [-0.2, 0) is 32.6 Å². The molecule has 9 nitrogen and oxygen atoms in total. The molecule has 0 aliphatic heterocycles. The molecule has 4 aromatic rings. The Morgan fingerprint density at radius 3 is 2.23 bits per heavy atom. The third-order valence-corrected chi connectivity index (χ3v) is 9.61. The average molecular weight is 678 g/mol. The highest BCUT2D eigenvalue weighted by molar-refractivity contribution is 7.92. The molecule has 0 fully saturated rings. The van der Waals surface area contributed by atoms with Crippen LogP contribution in [-0.4, -0.2) is 58.5 Å². The smallest absolute Gasteiger partial charge is 0.264 e. The summed E-state index contributed by atoms with van der Waals surface area (Å²) in [6, 6.07) is 26.5. The number of carbonyl (C=O) groups is 2. The summed E-state index contributed by atoms with van der Waals surface area (Å²) in [6.07, 6.45) is 0.905. The van der Waals surface area contributed by atoms with E-state index in [4.69, 9.17) is 21.1 Å². The molecular weight excluding hydrogens is 638 g/mol. The fraction of sp³-hybridized carbons (Fsp3) is 0.278. The first kappa shape index (κ1) is 35.3. The van der Waals surface area contributed by atoms with Gasteiger partial charge in [-0.2, -0.15) is 0 Å². The number of ether oxygens (including phenoxy) is 2. The summed E-state index contributed by atoms with van der Waals surface area (Å²) in [5.74, 6) is -0.158. The second-order valence-electron chi connectivity index (χ2n) is 11.0. The molecule has 0 radical (unpaired) electrons. The number of aryl methyl sites for hydroxylation is 1. The zero-order valence-electron chi connectivity index (χ0n) is 27.0. The molecule has 0 unspecified atom stereocenters. The molecule has 4 aromatic carbocycles. The molecule has 1 atom stereocenters. The van der Waals surface area contributed by atoms with Gasteiger partial charge in [0.05, 0.1) is 24.8 Å². The van der Waals surface area contributed by atoms with E-state index in [9.17, 15) is 18.0 Å². The Balaban J connectivity index is 1.85. The van der Waals surface area contributed by atoms with Crippen LogP contribution in [0.5, 0.6) is 11.5 Å². The molecule has 0 aliphatic carbocycles. The number of carbonyl (C=O) groups excluding carboxylic acids is 2. The van der Waals surface area contributed by atoms with Gasteiger partial charge in [0.15, 0.2) is 0 Å². The molecule has 0 aromatic heterocycles. The molecule has 11 heteroatoms. The van der Waals surface area contributed by atoms with Crippen LogP contribution in [0.25, 0.3) is 0 Å². The van der Waals surface area contributed by atoms with Crippen molar-refractivity contribution in [1.82, 2.24) is 10.2 Å². The molecule has 1 N–H and O–H groups in total. The van der Waals surface area contributed by atoms with Gasteiger partial charge in [0, 0.05) is 24.5 Å². The van der Waals surface area contributed by atoms with Gasteiger partial charge in [-0.25, -0.2) is 8.42 Å². The second kappa shape index (κ2) is 16.3. The van der Waals surface area contributed by atoms with Crippen molar-refractivity contribution in [2.45, 2.75) is 44.2 Å². The second-order valence-corrected chi connectivity index (χ2v) is 13.3. The Morgan fingerprint density at radius 1 is 0.872 bits per heavy atom. The number of methoxy groups -OCH3 is 2. The van der Waals surface area contributed by atoms with E-state index in [2.05, 4.69) is 5.32 Å². The third kappa shape index (κ3) is 9.05. The fourth-order valence-electron chi connectivity index (χ4n) is 5.10. The van der Waals surface area contributed by atoms with Crippen LogP contribution >= 0.6 is 11.6 Å². The Morgan fingerprint density at radius 2 is 1.57 bits per heavy atom. The van der Waals surface area contributed by atoms with Crippen LogP contribution in [0, 0.1) is 6.92 Å². The Labute approximate surface area is 282 Å². The zero-order valence-corrected chi connectivity index (χ0v) is 28.6. The van der Waals surface area contributed by atoms with Gasteiger partial charge in [-0.05, 0) is 66.9 Å². The van der Waals surface area contributed by atoms with Crippen LogP contribution < -0.4 is 19.1 Å². The predicted octanol–water partition coefficient (Wildman–Crippen LogP) is 6.03. The molecule has 0 aliphatic rings. The van der Waals surface area contributed by atoms with Crippen molar-refractivity contribution in [3.8, 4) is 11.5 Å². The van der Waals surface area contributed by atoms with Crippen molar-refractivity contribution in [1.29, 1.82) is 0 Å². The number of nitrogens with zero attached hydrogens (tertiary/aromatic N) is 2. The normalized spacial score (nSPS) is 11.8. The fourth-order valence-corrected chi connectivity index (χ4v) is 6.68. The summed E-state index contributed by atoms with van der Waals surface area (Å²) < 4.78 is 40.6. The zero-order chi connectivity index (χ0) is 34.0. The number of hydrogen-bond donors (Lipinski definition) is 1. The minimum absolute atomic E-state index is 0.0121. The van der Waals surface area contributed by atoms with E-state index in [1.165, 1.54) is 30.2 Å². The van der Waals surface area contributed by atoms with Crippen LogP contribution in [0.3, 0.4) is 0 Å². The molecule has 0 heterocycles. The molecule has 0 spiro atoms. The highest BCUT2D eigenvalue weighted by Crippen LogP contribution is 2.35. The summed E-state index contributed by atoms with van der Waals surface area (Å²) >= 11 is 6.36. The van der Waals surface area contributed by atoms with Crippen molar-refractivity contribution in [2.75, 3.05) is 31.6 Å². The molecule has 2 amide bonds. The average Bonchev–Trinajstić information content (AvgIpc) is 3.08. The van der Waals surface area contributed by atoms with E-state index in [0.717, 1.165) is 15.4 Å². The van der Waals surface area contributed by atoms with Crippen LogP contribution in [0.15, 0.2) is 102 Å². The first-order chi connectivity index (χ1) is 22.6. The summed E-state index contributed by atoms with van der Waals surface area (Å²) in [4.78, 5) is 29.9. The van der Waals surface area contributed by atoms with Gasteiger partial charge in [0.1, 0.15) is 24.1 Å². The molecule has 248 valence electrons. The van der Waals surface area contributed by atoms with Gasteiger partial charge in [-0.1, -0.05) is 78.7 Å². The Kier molecular flexibility index (Phi) is 12.3. The molecule has 47 heavy (non-hydrogen) atoms. The van der Waals surface area contributed by atoms with Gasteiger partial charge < -0.3 is 19.7 Å². The van der Waals surface area contributed by atoms with E-state index in [1.807, 2.05) is 50.2 Å². The van der Waals surface area contributed by atoms with Crippen molar-refractivity contribution >= 4 is 39.1 Å². The largest absolute Gasteiger partial charge is 0.497 e. The number of halogens is 1. The number of anilines is 1. The summed E-state index contributed by atoms with van der Waals surface area (Å²) in [6.45, 7) is 3.59. The minimum Gasteiger partial charge on any atom is -0.497 e. The molecule has 0 saturated carbocycles. The first-order valence-corrected chi connectivity index (χ1v) is 17.1. The van der Waals surface area contributed by atoms with E-state index < -0.39 is 28.5 Å². The van der Waals surface area contributed by atoms with Crippen molar-refractivity contribution < 1.29 is 27.5 Å². The van der Waals surface area contributed by atoms with E-state index in [1.54, 1.807) is 49.6 Å². The quantitative estimate of drug-likeness (QED) is 0.165.